The molecule has 17 heavy (non-hydrogen) atoms. The number of likely N-dealkylation sites (N-methyl/N-ethyl adjacent to an activating group) is 1. The number of imidazole rings is 1. The number of carbonyl (C=O) groups excluding carboxylic acids is 1. The van der Waals surface area contributed by atoms with E-state index in [1.54, 1.807) is 18.4 Å². The number of nitrogens with one attached hydrogen (secondary N) is 2. The van der Waals surface area contributed by atoms with Gasteiger partial charge in [0.2, 0.25) is 5.91 Å². The zero-order valence-corrected chi connectivity index (χ0v) is 11.0. The first-order valence-electron chi connectivity index (χ1n) is 5.49. The van der Waals surface area contributed by atoms with Gasteiger partial charge in [0.1, 0.15) is 0 Å². The van der Waals surface area contributed by atoms with Crippen LogP contribution in [0.1, 0.15) is 18.3 Å². The second kappa shape index (κ2) is 4.85. The molecule has 2 N–H and O–H groups in total. The first-order chi connectivity index (χ1) is 8.13. The molecule has 0 aliphatic heterocycles. The number of amides is 1. The van der Waals surface area contributed by atoms with Gasteiger partial charge in [0.05, 0.1) is 17.4 Å². The highest BCUT2D eigenvalue weighted by atomic mass is 32.1. The zero-order chi connectivity index (χ0) is 12.4. The van der Waals surface area contributed by atoms with Crippen LogP contribution < -0.4 is 10.6 Å². The monoisotopic (exact) mass is 252 g/mol. The molecule has 0 aromatic carbocycles. The lowest BCUT2D eigenvalue weighted by molar-refractivity contribution is -0.122. The number of nitrogens with zero attached hydrogens (tertiary/aromatic N) is 2. The van der Waals surface area contributed by atoms with Gasteiger partial charge in [-0.05, 0) is 13.8 Å². The van der Waals surface area contributed by atoms with Crippen molar-refractivity contribution in [3.63, 3.8) is 0 Å². The van der Waals surface area contributed by atoms with E-state index in [0.29, 0.717) is 6.54 Å². The Balaban J connectivity index is 2.10. The van der Waals surface area contributed by atoms with Gasteiger partial charge in [0.15, 0.2) is 4.96 Å². The zero-order valence-electron chi connectivity index (χ0n) is 10.2. The van der Waals surface area contributed by atoms with E-state index < -0.39 is 0 Å². The second-order valence-electron chi connectivity index (χ2n) is 3.92. The molecule has 0 aliphatic carbocycles. The molecule has 0 fully saturated rings. The average molecular weight is 252 g/mol. The van der Waals surface area contributed by atoms with Crippen molar-refractivity contribution in [2.75, 3.05) is 7.05 Å². The third-order valence-electron chi connectivity index (χ3n) is 2.78. The number of aryl methyl sites for hydroxylation is 1. The van der Waals surface area contributed by atoms with E-state index in [1.807, 2.05) is 25.4 Å². The molecule has 0 saturated heterocycles. The van der Waals surface area contributed by atoms with Crippen LogP contribution in [-0.2, 0) is 11.3 Å². The molecule has 1 unspecified atom stereocenters. The Labute approximate surface area is 104 Å². The van der Waals surface area contributed by atoms with E-state index in [0.717, 1.165) is 16.3 Å². The molecule has 5 nitrogen and oxygen atoms in total. The van der Waals surface area contributed by atoms with Gasteiger partial charge in [-0.15, -0.1) is 11.3 Å². The summed E-state index contributed by atoms with van der Waals surface area (Å²) >= 11 is 1.61. The molecule has 1 atom stereocenters. The standard InChI is InChI=1S/C11H16N4OS/c1-7-9(6-13-8(2)10(16)12-3)15-4-5-17-11(15)14-7/h4-5,8,13H,6H2,1-3H3,(H,12,16). The highest BCUT2D eigenvalue weighted by Crippen LogP contribution is 2.16. The summed E-state index contributed by atoms with van der Waals surface area (Å²) in [5.74, 6) is -0.00580. The maximum atomic E-state index is 11.4. The molecule has 0 saturated carbocycles. The summed E-state index contributed by atoms with van der Waals surface area (Å²) < 4.78 is 2.06. The van der Waals surface area contributed by atoms with Gasteiger partial charge < -0.3 is 10.6 Å². The van der Waals surface area contributed by atoms with Gasteiger partial charge in [-0.2, -0.15) is 0 Å². The van der Waals surface area contributed by atoms with E-state index in [2.05, 4.69) is 20.0 Å². The number of hydrogen-bond donors (Lipinski definition) is 2. The number of fused-ring (bicyclic) bond motifs is 1. The van der Waals surface area contributed by atoms with E-state index >= 15 is 0 Å². The summed E-state index contributed by atoms with van der Waals surface area (Å²) in [7, 11) is 1.64. The van der Waals surface area contributed by atoms with Crippen LogP contribution in [0, 0.1) is 6.92 Å². The van der Waals surface area contributed by atoms with Gasteiger partial charge in [0.25, 0.3) is 0 Å². The Morgan fingerprint density at radius 1 is 1.65 bits per heavy atom. The van der Waals surface area contributed by atoms with Crippen molar-refractivity contribution < 1.29 is 4.79 Å². The average Bonchev–Trinajstić information content (AvgIpc) is 2.86. The summed E-state index contributed by atoms with van der Waals surface area (Å²) in [5.41, 5.74) is 2.12. The molecule has 2 rings (SSSR count). The van der Waals surface area contributed by atoms with Crippen LogP contribution in [-0.4, -0.2) is 28.4 Å². The summed E-state index contributed by atoms with van der Waals surface area (Å²) in [6.45, 7) is 4.47. The normalized spacial score (nSPS) is 12.9. The van der Waals surface area contributed by atoms with Crippen LogP contribution >= 0.6 is 11.3 Å². The van der Waals surface area contributed by atoms with Gasteiger partial charge >= 0.3 is 0 Å². The minimum absolute atomic E-state index is 0.00580. The van der Waals surface area contributed by atoms with Crippen molar-refractivity contribution in [2.24, 2.45) is 0 Å². The summed E-state index contributed by atoms with van der Waals surface area (Å²) in [6, 6.07) is -0.205. The Morgan fingerprint density at radius 2 is 2.41 bits per heavy atom. The number of carbonyl (C=O) groups is 1. The topological polar surface area (TPSA) is 58.4 Å². The smallest absolute Gasteiger partial charge is 0.236 e. The molecule has 2 aromatic heterocycles. The molecule has 0 bridgehead atoms. The molecule has 0 spiro atoms. The van der Waals surface area contributed by atoms with Crippen molar-refractivity contribution in [2.45, 2.75) is 26.4 Å². The molecule has 2 aromatic rings. The molecule has 0 aliphatic rings. The molecule has 6 heteroatoms. The van der Waals surface area contributed by atoms with Crippen LogP contribution in [0.3, 0.4) is 0 Å². The lowest BCUT2D eigenvalue weighted by Crippen LogP contribution is -2.40. The largest absolute Gasteiger partial charge is 0.358 e. The predicted molar refractivity (Wildman–Crippen MR) is 68.2 cm³/mol. The Kier molecular flexibility index (Phi) is 3.44. The third kappa shape index (κ3) is 2.32. The van der Waals surface area contributed by atoms with Crippen LogP contribution in [0.2, 0.25) is 0 Å². The van der Waals surface area contributed by atoms with Crippen molar-refractivity contribution in [1.29, 1.82) is 0 Å². The second-order valence-corrected chi connectivity index (χ2v) is 4.79. The van der Waals surface area contributed by atoms with Gasteiger partial charge in [-0.3, -0.25) is 9.20 Å². The summed E-state index contributed by atoms with van der Waals surface area (Å²) in [5, 5.41) is 7.82. The maximum absolute atomic E-state index is 11.4. The summed E-state index contributed by atoms with van der Waals surface area (Å²) in [4.78, 5) is 16.8. The minimum atomic E-state index is -0.205. The lowest BCUT2D eigenvalue weighted by atomic mass is 10.3. The Morgan fingerprint density at radius 3 is 3.12 bits per heavy atom. The Hall–Kier alpha value is -1.40. The first kappa shape index (κ1) is 12.1. The maximum Gasteiger partial charge on any atom is 0.236 e. The van der Waals surface area contributed by atoms with E-state index in [4.69, 9.17) is 0 Å². The van der Waals surface area contributed by atoms with Gasteiger partial charge in [0, 0.05) is 25.2 Å². The molecule has 0 radical (unpaired) electrons. The minimum Gasteiger partial charge on any atom is -0.358 e. The number of thiazole rings is 1. The lowest BCUT2D eigenvalue weighted by Gasteiger charge is -2.11. The quantitative estimate of drug-likeness (QED) is 0.851. The van der Waals surface area contributed by atoms with Crippen molar-refractivity contribution in [1.82, 2.24) is 20.0 Å². The van der Waals surface area contributed by atoms with E-state index in [-0.39, 0.29) is 11.9 Å². The van der Waals surface area contributed by atoms with Gasteiger partial charge in [-0.1, -0.05) is 0 Å². The third-order valence-corrected chi connectivity index (χ3v) is 3.53. The summed E-state index contributed by atoms with van der Waals surface area (Å²) in [6.07, 6.45) is 2.00. The van der Waals surface area contributed by atoms with Crippen LogP contribution in [0.4, 0.5) is 0 Å². The van der Waals surface area contributed by atoms with Crippen LogP contribution in [0.5, 0.6) is 0 Å². The van der Waals surface area contributed by atoms with Crippen LogP contribution in [0.25, 0.3) is 4.96 Å². The molecular formula is C11H16N4OS. The van der Waals surface area contributed by atoms with Crippen molar-refractivity contribution >= 4 is 22.2 Å². The van der Waals surface area contributed by atoms with Gasteiger partial charge in [-0.25, -0.2) is 4.98 Å². The van der Waals surface area contributed by atoms with Crippen molar-refractivity contribution in [3.05, 3.63) is 23.0 Å². The SMILES string of the molecule is CNC(=O)C(C)NCc1c(C)nc2sccn12. The molecule has 92 valence electrons. The predicted octanol–water partition coefficient (Wildman–Crippen LogP) is 0.928. The van der Waals surface area contributed by atoms with Crippen LogP contribution in [0.15, 0.2) is 11.6 Å². The molecular weight excluding hydrogens is 236 g/mol. The van der Waals surface area contributed by atoms with E-state index in [9.17, 15) is 4.79 Å². The van der Waals surface area contributed by atoms with E-state index in [1.165, 1.54) is 0 Å². The number of rotatable bonds is 4. The number of aromatic nitrogens is 2. The fourth-order valence-electron chi connectivity index (χ4n) is 1.71. The fourth-order valence-corrected chi connectivity index (χ4v) is 2.49. The first-order valence-corrected chi connectivity index (χ1v) is 6.37. The molecule has 1 amide bonds. The molecule has 2 heterocycles. The van der Waals surface area contributed by atoms with Crippen molar-refractivity contribution in [3.8, 4) is 0 Å². The highest BCUT2D eigenvalue weighted by molar-refractivity contribution is 7.15. The fraction of sp³-hybridized carbons (Fsp3) is 0.455. The highest BCUT2D eigenvalue weighted by Gasteiger charge is 2.13. The Bertz CT molecular complexity index is 531. The number of hydrogen-bond acceptors (Lipinski definition) is 4.